The first-order valence-corrected chi connectivity index (χ1v) is 3.63. The molecule has 0 aromatic heterocycles. The molecule has 0 aromatic carbocycles. The number of likely N-dealkylation sites (N-methyl/N-ethyl adjacent to an activating group) is 1. The summed E-state index contributed by atoms with van der Waals surface area (Å²) in [6, 6.07) is 0. The lowest BCUT2D eigenvalue weighted by Crippen LogP contribution is -2.43. The molecule has 0 fully saturated rings. The molecule has 1 N–H and O–H groups in total. The Morgan fingerprint density at radius 1 is 1.30 bits per heavy atom. The van der Waals surface area contributed by atoms with Crippen LogP contribution in [-0.4, -0.2) is 36.6 Å². The van der Waals surface area contributed by atoms with Crippen molar-refractivity contribution in [2.24, 2.45) is 0 Å². The maximum absolute atomic E-state index is 3.73. The Morgan fingerprint density at radius 3 is 1.80 bits per heavy atom. The van der Waals surface area contributed by atoms with Crippen molar-refractivity contribution < 1.29 is 9.96 Å². The van der Waals surface area contributed by atoms with Crippen LogP contribution in [0, 0.1) is 0 Å². The first-order chi connectivity index (χ1) is 4.18. The normalized spacial score (nSPS) is 10.3. The molecule has 0 saturated carbocycles. The van der Waals surface area contributed by atoms with Crippen LogP contribution in [0.15, 0.2) is 12.7 Å². The van der Waals surface area contributed by atoms with Crippen LogP contribution in [0.5, 0.6) is 0 Å². The number of nitrogens with zero attached hydrogens (tertiary/aromatic N) is 1. The third-order valence-corrected chi connectivity index (χ3v) is 2.10. The third-order valence-electron chi connectivity index (χ3n) is 2.10. The zero-order chi connectivity index (χ0) is 7.33. The molecule has 0 heterocycles. The van der Waals surface area contributed by atoms with E-state index < -0.39 is 0 Å². The second-order valence-corrected chi connectivity index (χ2v) is 2.72. The molecule has 0 unspecified atom stereocenters. The van der Waals surface area contributed by atoms with Gasteiger partial charge in [0.1, 0.15) is 0 Å². The second kappa shape index (κ2) is 5.45. The van der Waals surface area contributed by atoms with E-state index in [1.54, 1.807) is 0 Å². The van der Waals surface area contributed by atoms with Crippen molar-refractivity contribution in [2.45, 2.75) is 13.8 Å². The van der Waals surface area contributed by atoms with Crippen LogP contribution in [0.25, 0.3) is 0 Å². The van der Waals surface area contributed by atoms with E-state index in [1.807, 2.05) is 6.08 Å². The molecule has 0 aliphatic heterocycles. The molecule has 0 amide bonds. The number of hydrogen-bond acceptors (Lipinski definition) is 1. The maximum Gasteiger partial charge on any atom is 0.0968 e. The van der Waals surface area contributed by atoms with Gasteiger partial charge in [-0.05, 0) is 19.9 Å². The van der Waals surface area contributed by atoms with E-state index in [-0.39, 0.29) is 5.48 Å². The zero-order valence-corrected chi connectivity index (χ0v) is 7.30. The van der Waals surface area contributed by atoms with Crippen molar-refractivity contribution in [2.75, 3.05) is 26.7 Å². The maximum atomic E-state index is 3.73. The van der Waals surface area contributed by atoms with E-state index in [0.29, 0.717) is 0 Å². The molecular weight excluding hydrogens is 126 g/mol. The lowest BCUT2D eigenvalue weighted by Gasteiger charge is -2.30. The molecule has 0 saturated heterocycles. The monoisotopic (exact) mass is 145 g/mol. The van der Waals surface area contributed by atoms with Gasteiger partial charge in [-0.1, -0.05) is 6.58 Å². The van der Waals surface area contributed by atoms with Gasteiger partial charge in [0.05, 0.1) is 26.7 Å². The van der Waals surface area contributed by atoms with Gasteiger partial charge in [0.25, 0.3) is 0 Å². The van der Waals surface area contributed by atoms with Gasteiger partial charge < -0.3 is 9.96 Å². The van der Waals surface area contributed by atoms with Gasteiger partial charge in [0, 0.05) is 0 Å². The fraction of sp³-hybridized carbons (Fsp3) is 0.750. The van der Waals surface area contributed by atoms with Crippen molar-refractivity contribution in [3.8, 4) is 0 Å². The standard InChI is InChI=1S/C8H18N.H2O/c1-5-8-9(4,6-2)7-3;/h5H,1,6-8H2,2-4H3;1H2/q+1;/p-1. The van der Waals surface area contributed by atoms with Gasteiger partial charge in [-0.15, -0.1) is 0 Å². The molecule has 0 aromatic rings. The van der Waals surface area contributed by atoms with Crippen molar-refractivity contribution in [1.29, 1.82) is 0 Å². The summed E-state index contributed by atoms with van der Waals surface area (Å²) in [5.74, 6) is 0. The quantitative estimate of drug-likeness (QED) is 0.435. The molecule has 0 spiro atoms. The van der Waals surface area contributed by atoms with Gasteiger partial charge in [-0.2, -0.15) is 0 Å². The highest BCUT2D eigenvalue weighted by molar-refractivity contribution is 4.64. The SMILES string of the molecule is C=CC[N+](C)(CC)CC.[OH-]. The molecule has 2 heteroatoms. The smallest absolute Gasteiger partial charge is 0.0968 e. The van der Waals surface area contributed by atoms with Crippen molar-refractivity contribution >= 4 is 0 Å². The molecule has 0 aliphatic carbocycles. The number of hydrogen-bond donors (Lipinski definition) is 0. The van der Waals surface area contributed by atoms with E-state index in [4.69, 9.17) is 0 Å². The third kappa shape index (κ3) is 3.64. The molecule has 0 rings (SSSR count). The lowest BCUT2D eigenvalue weighted by molar-refractivity contribution is -0.900. The van der Waals surface area contributed by atoms with Gasteiger partial charge in [-0.25, -0.2) is 0 Å². The van der Waals surface area contributed by atoms with Crippen LogP contribution in [-0.2, 0) is 0 Å². The highest BCUT2D eigenvalue weighted by Crippen LogP contribution is 1.99. The van der Waals surface area contributed by atoms with Crippen molar-refractivity contribution in [1.82, 2.24) is 0 Å². The predicted molar refractivity (Wildman–Crippen MR) is 44.3 cm³/mol. The van der Waals surface area contributed by atoms with Gasteiger partial charge in [-0.3, -0.25) is 0 Å². The van der Waals surface area contributed by atoms with E-state index in [0.717, 1.165) is 11.0 Å². The Kier molecular flexibility index (Phi) is 6.72. The number of quaternary nitrogens is 1. The molecule has 0 atom stereocenters. The van der Waals surface area contributed by atoms with E-state index in [1.165, 1.54) is 13.1 Å². The Morgan fingerprint density at radius 2 is 1.70 bits per heavy atom. The summed E-state index contributed by atoms with van der Waals surface area (Å²) < 4.78 is 1.11. The summed E-state index contributed by atoms with van der Waals surface area (Å²) in [7, 11) is 2.25. The minimum atomic E-state index is 0. The largest absolute Gasteiger partial charge is 0.870 e. The minimum absolute atomic E-state index is 0. The first-order valence-electron chi connectivity index (χ1n) is 3.63. The fourth-order valence-electron chi connectivity index (χ4n) is 0.793. The molecule has 0 radical (unpaired) electrons. The van der Waals surface area contributed by atoms with Crippen LogP contribution in [0.2, 0.25) is 0 Å². The molecular formula is C8H19NO. The van der Waals surface area contributed by atoms with Gasteiger partial charge >= 0.3 is 0 Å². The lowest BCUT2D eigenvalue weighted by atomic mass is 10.4. The van der Waals surface area contributed by atoms with Crippen LogP contribution < -0.4 is 0 Å². The average Bonchev–Trinajstić information content (AvgIpc) is 1.89. The Bertz CT molecular complexity index is 87.3. The zero-order valence-electron chi connectivity index (χ0n) is 7.30. The molecule has 10 heavy (non-hydrogen) atoms. The van der Waals surface area contributed by atoms with Crippen molar-refractivity contribution in [3.05, 3.63) is 12.7 Å². The minimum Gasteiger partial charge on any atom is -0.870 e. The molecule has 2 nitrogen and oxygen atoms in total. The molecule has 62 valence electrons. The van der Waals surface area contributed by atoms with E-state index in [2.05, 4.69) is 27.5 Å². The molecule has 0 bridgehead atoms. The Hall–Kier alpha value is -0.340. The second-order valence-electron chi connectivity index (χ2n) is 2.72. The summed E-state index contributed by atoms with van der Waals surface area (Å²) in [6.45, 7) is 11.6. The van der Waals surface area contributed by atoms with Crippen molar-refractivity contribution in [3.63, 3.8) is 0 Å². The summed E-state index contributed by atoms with van der Waals surface area (Å²) >= 11 is 0. The highest BCUT2D eigenvalue weighted by Gasteiger charge is 2.12. The fourth-order valence-corrected chi connectivity index (χ4v) is 0.793. The Labute approximate surface area is 64.1 Å². The topological polar surface area (TPSA) is 30.0 Å². The van der Waals surface area contributed by atoms with Gasteiger partial charge in [0.2, 0.25) is 0 Å². The number of rotatable bonds is 4. The molecule has 0 aliphatic rings. The van der Waals surface area contributed by atoms with E-state index in [9.17, 15) is 0 Å². The van der Waals surface area contributed by atoms with Crippen LogP contribution in [0.1, 0.15) is 13.8 Å². The van der Waals surface area contributed by atoms with Crippen LogP contribution >= 0.6 is 0 Å². The summed E-state index contributed by atoms with van der Waals surface area (Å²) in [5, 5.41) is 0. The first kappa shape index (κ1) is 12.3. The highest BCUT2D eigenvalue weighted by atomic mass is 16.0. The summed E-state index contributed by atoms with van der Waals surface area (Å²) in [6.07, 6.45) is 1.99. The van der Waals surface area contributed by atoms with Crippen LogP contribution in [0.3, 0.4) is 0 Å². The van der Waals surface area contributed by atoms with Crippen LogP contribution in [0.4, 0.5) is 0 Å². The summed E-state index contributed by atoms with van der Waals surface area (Å²) in [4.78, 5) is 0. The summed E-state index contributed by atoms with van der Waals surface area (Å²) in [5.41, 5.74) is 0. The van der Waals surface area contributed by atoms with E-state index >= 15 is 0 Å². The Balaban J connectivity index is 0. The predicted octanol–water partition coefficient (Wildman–Crippen LogP) is 1.48. The average molecular weight is 145 g/mol. The van der Waals surface area contributed by atoms with Gasteiger partial charge in [0.15, 0.2) is 0 Å².